The maximum atomic E-state index is 13.1. The summed E-state index contributed by atoms with van der Waals surface area (Å²) in [5.41, 5.74) is 6.62. The van der Waals surface area contributed by atoms with Gasteiger partial charge >= 0.3 is 0 Å². The number of ether oxygens (including phenoxy) is 1. The first kappa shape index (κ1) is 13.0. The van der Waals surface area contributed by atoms with Gasteiger partial charge in [0.15, 0.2) is 11.6 Å². The maximum absolute atomic E-state index is 13.1. The minimum absolute atomic E-state index is 0.149. The molecule has 3 N–H and O–H groups in total. The van der Waals surface area contributed by atoms with Crippen molar-refractivity contribution >= 4 is 5.84 Å². The van der Waals surface area contributed by atoms with E-state index in [2.05, 4.69) is 0 Å². The van der Waals surface area contributed by atoms with Crippen LogP contribution in [0, 0.1) is 24.0 Å². The van der Waals surface area contributed by atoms with Gasteiger partial charge < -0.3 is 10.5 Å². The molecule has 0 radical (unpaired) electrons. The van der Waals surface area contributed by atoms with Crippen LogP contribution >= 0.6 is 0 Å². The van der Waals surface area contributed by atoms with Gasteiger partial charge in [0, 0.05) is 6.07 Å². The van der Waals surface area contributed by atoms with Crippen LogP contribution in [0.15, 0.2) is 36.4 Å². The SMILES string of the molecule is Cc1cccc(C(=N)N)c1Oc1ccc(F)c(F)c1. The van der Waals surface area contributed by atoms with Gasteiger partial charge in [-0.2, -0.15) is 0 Å². The lowest BCUT2D eigenvalue weighted by Gasteiger charge is -2.13. The summed E-state index contributed by atoms with van der Waals surface area (Å²) in [6.45, 7) is 1.78. The zero-order valence-electron chi connectivity index (χ0n) is 10.2. The lowest BCUT2D eigenvalue weighted by molar-refractivity contribution is 0.458. The van der Waals surface area contributed by atoms with Crippen molar-refractivity contribution in [3.05, 3.63) is 59.2 Å². The van der Waals surface area contributed by atoms with Crippen molar-refractivity contribution in [1.82, 2.24) is 0 Å². The van der Waals surface area contributed by atoms with Gasteiger partial charge in [0.25, 0.3) is 0 Å². The zero-order valence-corrected chi connectivity index (χ0v) is 10.2. The number of amidine groups is 1. The Morgan fingerprint density at radius 1 is 1.16 bits per heavy atom. The number of nitrogen functional groups attached to an aromatic ring is 1. The smallest absolute Gasteiger partial charge is 0.162 e. The Morgan fingerprint density at radius 3 is 2.53 bits per heavy atom. The van der Waals surface area contributed by atoms with Crippen molar-refractivity contribution in [2.75, 3.05) is 0 Å². The molecule has 0 aliphatic carbocycles. The van der Waals surface area contributed by atoms with Gasteiger partial charge in [0.2, 0.25) is 0 Å². The maximum Gasteiger partial charge on any atom is 0.162 e. The highest BCUT2D eigenvalue weighted by molar-refractivity contribution is 5.98. The summed E-state index contributed by atoms with van der Waals surface area (Å²) in [6, 6.07) is 8.40. The highest BCUT2D eigenvalue weighted by Gasteiger charge is 2.11. The normalized spacial score (nSPS) is 10.3. The predicted octanol–water partition coefficient (Wildman–Crippen LogP) is 3.35. The summed E-state index contributed by atoms with van der Waals surface area (Å²) in [5.74, 6) is -1.57. The lowest BCUT2D eigenvalue weighted by Crippen LogP contribution is -2.12. The van der Waals surface area contributed by atoms with E-state index in [1.54, 1.807) is 25.1 Å². The Bertz CT molecular complexity index is 641. The number of para-hydroxylation sites is 1. The molecule has 0 saturated carbocycles. The molecular formula is C14H12F2N2O. The fourth-order valence-electron chi connectivity index (χ4n) is 1.66. The molecule has 0 aliphatic rings. The lowest BCUT2D eigenvalue weighted by atomic mass is 10.1. The van der Waals surface area contributed by atoms with E-state index in [9.17, 15) is 8.78 Å². The Morgan fingerprint density at radius 2 is 1.89 bits per heavy atom. The average molecular weight is 262 g/mol. The molecule has 98 valence electrons. The van der Waals surface area contributed by atoms with Gasteiger partial charge in [0.1, 0.15) is 17.3 Å². The molecule has 0 heterocycles. The minimum Gasteiger partial charge on any atom is -0.456 e. The van der Waals surface area contributed by atoms with Crippen LogP contribution in [0.3, 0.4) is 0 Å². The molecule has 5 heteroatoms. The van der Waals surface area contributed by atoms with Crippen LogP contribution < -0.4 is 10.5 Å². The van der Waals surface area contributed by atoms with E-state index in [-0.39, 0.29) is 11.6 Å². The van der Waals surface area contributed by atoms with Gasteiger partial charge in [-0.3, -0.25) is 5.41 Å². The molecule has 0 aliphatic heterocycles. The van der Waals surface area contributed by atoms with E-state index >= 15 is 0 Å². The van der Waals surface area contributed by atoms with Gasteiger partial charge in [-0.1, -0.05) is 12.1 Å². The second-order valence-electron chi connectivity index (χ2n) is 4.04. The molecule has 0 amide bonds. The molecule has 2 aromatic rings. The van der Waals surface area contributed by atoms with E-state index in [0.717, 1.165) is 17.7 Å². The monoisotopic (exact) mass is 262 g/mol. The first-order valence-corrected chi connectivity index (χ1v) is 5.56. The second kappa shape index (κ2) is 5.06. The highest BCUT2D eigenvalue weighted by atomic mass is 19.2. The Labute approximate surface area is 109 Å². The molecule has 0 bridgehead atoms. The fourth-order valence-corrected chi connectivity index (χ4v) is 1.66. The van der Waals surface area contributed by atoms with E-state index in [1.807, 2.05) is 0 Å². The van der Waals surface area contributed by atoms with Gasteiger partial charge in [0.05, 0.1) is 5.56 Å². The first-order chi connectivity index (χ1) is 8.99. The van der Waals surface area contributed by atoms with Crippen LogP contribution in [-0.2, 0) is 0 Å². The molecule has 2 aromatic carbocycles. The number of benzene rings is 2. The standard InChI is InChI=1S/C14H12F2N2O/c1-8-3-2-4-10(14(17)18)13(8)19-9-5-6-11(15)12(16)7-9/h2-7H,1H3,(H3,17,18). The van der Waals surface area contributed by atoms with Gasteiger partial charge in [-0.05, 0) is 30.7 Å². The summed E-state index contributed by atoms with van der Waals surface area (Å²) in [4.78, 5) is 0. The van der Waals surface area contributed by atoms with Crippen LogP contribution in [0.4, 0.5) is 8.78 Å². The highest BCUT2D eigenvalue weighted by Crippen LogP contribution is 2.29. The van der Waals surface area contributed by atoms with E-state index in [1.165, 1.54) is 6.07 Å². The summed E-state index contributed by atoms with van der Waals surface area (Å²) in [7, 11) is 0. The summed E-state index contributed by atoms with van der Waals surface area (Å²) < 4.78 is 31.5. The van der Waals surface area contributed by atoms with Crippen molar-refractivity contribution < 1.29 is 13.5 Å². The van der Waals surface area contributed by atoms with Crippen LogP contribution in [0.5, 0.6) is 11.5 Å². The quantitative estimate of drug-likeness (QED) is 0.658. The van der Waals surface area contributed by atoms with E-state index < -0.39 is 11.6 Å². The number of aryl methyl sites for hydroxylation is 1. The number of nitrogens with two attached hydrogens (primary N) is 1. The molecule has 2 rings (SSSR count). The third-order valence-electron chi connectivity index (χ3n) is 2.61. The molecule has 0 saturated heterocycles. The van der Waals surface area contributed by atoms with E-state index in [0.29, 0.717) is 11.3 Å². The second-order valence-corrected chi connectivity index (χ2v) is 4.04. The number of hydrogen-bond acceptors (Lipinski definition) is 2. The number of halogens is 2. The van der Waals surface area contributed by atoms with Crippen molar-refractivity contribution in [2.24, 2.45) is 5.73 Å². The molecule has 3 nitrogen and oxygen atoms in total. The third-order valence-corrected chi connectivity index (χ3v) is 2.61. The van der Waals surface area contributed by atoms with Crippen molar-refractivity contribution in [3.63, 3.8) is 0 Å². The molecule has 0 spiro atoms. The molecule has 0 atom stereocenters. The number of rotatable bonds is 3. The Kier molecular flexibility index (Phi) is 3.46. The molecular weight excluding hydrogens is 250 g/mol. The summed E-state index contributed by atoms with van der Waals surface area (Å²) in [6.07, 6.45) is 0. The first-order valence-electron chi connectivity index (χ1n) is 5.56. The predicted molar refractivity (Wildman–Crippen MR) is 68.6 cm³/mol. The van der Waals surface area contributed by atoms with Crippen LogP contribution in [0.2, 0.25) is 0 Å². The summed E-state index contributed by atoms with van der Waals surface area (Å²) >= 11 is 0. The fraction of sp³-hybridized carbons (Fsp3) is 0.0714. The minimum atomic E-state index is -0.990. The molecule has 19 heavy (non-hydrogen) atoms. The largest absolute Gasteiger partial charge is 0.456 e. The van der Waals surface area contributed by atoms with Crippen molar-refractivity contribution in [1.29, 1.82) is 5.41 Å². The molecule has 0 aromatic heterocycles. The zero-order chi connectivity index (χ0) is 14.0. The van der Waals surface area contributed by atoms with Crippen molar-refractivity contribution in [2.45, 2.75) is 6.92 Å². The Hall–Kier alpha value is -2.43. The van der Waals surface area contributed by atoms with Gasteiger partial charge in [-0.25, -0.2) is 8.78 Å². The number of nitrogens with one attached hydrogen (secondary N) is 1. The van der Waals surface area contributed by atoms with Crippen LogP contribution in [0.1, 0.15) is 11.1 Å². The average Bonchev–Trinajstić information content (AvgIpc) is 2.36. The van der Waals surface area contributed by atoms with Crippen LogP contribution in [0.25, 0.3) is 0 Å². The number of hydrogen-bond donors (Lipinski definition) is 2. The summed E-state index contributed by atoms with van der Waals surface area (Å²) in [5, 5.41) is 7.48. The topological polar surface area (TPSA) is 59.1 Å². The van der Waals surface area contributed by atoms with E-state index in [4.69, 9.17) is 15.9 Å². The molecule has 0 fully saturated rings. The van der Waals surface area contributed by atoms with Crippen molar-refractivity contribution in [3.8, 4) is 11.5 Å². The van der Waals surface area contributed by atoms with Gasteiger partial charge in [-0.15, -0.1) is 0 Å². The van der Waals surface area contributed by atoms with Crippen LogP contribution in [-0.4, -0.2) is 5.84 Å². The molecule has 0 unspecified atom stereocenters. The third kappa shape index (κ3) is 2.70. The Balaban J connectivity index is 2.42.